The Morgan fingerprint density at radius 2 is 1.65 bits per heavy atom. The summed E-state index contributed by atoms with van der Waals surface area (Å²) < 4.78 is 16.3. The summed E-state index contributed by atoms with van der Waals surface area (Å²) in [6.07, 6.45) is 0.957. The van der Waals surface area contributed by atoms with Gasteiger partial charge in [-0.25, -0.2) is 0 Å². The van der Waals surface area contributed by atoms with Crippen LogP contribution in [0.4, 0.5) is 5.69 Å². The molecule has 0 spiro atoms. The van der Waals surface area contributed by atoms with E-state index in [4.69, 9.17) is 19.9 Å². The summed E-state index contributed by atoms with van der Waals surface area (Å²) in [5.74, 6) is 2.47. The molecule has 0 amide bonds. The molecule has 106 valence electrons. The van der Waals surface area contributed by atoms with Crippen molar-refractivity contribution < 1.29 is 14.2 Å². The average Bonchev–Trinajstić information content (AvgIpc) is 2.49. The van der Waals surface area contributed by atoms with Crippen molar-refractivity contribution in [2.45, 2.75) is 13.3 Å². The lowest BCUT2D eigenvalue weighted by molar-refractivity contribution is 0.352. The summed E-state index contributed by atoms with van der Waals surface area (Å²) in [5, 5.41) is 0. The van der Waals surface area contributed by atoms with E-state index in [1.54, 1.807) is 26.4 Å². The van der Waals surface area contributed by atoms with Crippen molar-refractivity contribution in [1.82, 2.24) is 0 Å². The molecule has 0 unspecified atom stereocenters. The molecule has 0 aliphatic rings. The van der Waals surface area contributed by atoms with E-state index < -0.39 is 0 Å². The standard InChI is InChI=1S/C16H19NO3/c1-4-11-6-5-7-12(8-11)20-14-10-16(19-3)15(18-2)9-13(14)17/h5-10H,4,17H2,1-3H3. The molecular formula is C16H19NO3. The molecule has 0 radical (unpaired) electrons. The molecule has 0 aromatic heterocycles. The van der Waals surface area contributed by atoms with E-state index in [-0.39, 0.29) is 0 Å². The van der Waals surface area contributed by atoms with Crippen molar-refractivity contribution in [3.63, 3.8) is 0 Å². The highest BCUT2D eigenvalue weighted by Crippen LogP contribution is 2.38. The van der Waals surface area contributed by atoms with Crippen molar-refractivity contribution in [2.24, 2.45) is 0 Å². The van der Waals surface area contributed by atoms with Crippen LogP contribution in [-0.4, -0.2) is 14.2 Å². The first-order valence-corrected chi connectivity index (χ1v) is 6.46. The van der Waals surface area contributed by atoms with Crippen LogP contribution in [0.25, 0.3) is 0 Å². The molecule has 4 nitrogen and oxygen atoms in total. The van der Waals surface area contributed by atoms with Gasteiger partial charge in [-0.05, 0) is 24.1 Å². The van der Waals surface area contributed by atoms with E-state index in [1.165, 1.54) is 5.56 Å². The highest BCUT2D eigenvalue weighted by Gasteiger charge is 2.11. The van der Waals surface area contributed by atoms with Crippen LogP contribution in [-0.2, 0) is 6.42 Å². The fraction of sp³-hybridized carbons (Fsp3) is 0.250. The lowest BCUT2D eigenvalue weighted by Gasteiger charge is -2.13. The molecule has 0 atom stereocenters. The minimum absolute atomic E-state index is 0.504. The quantitative estimate of drug-likeness (QED) is 0.845. The van der Waals surface area contributed by atoms with Gasteiger partial charge >= 0.3 is 0 Å². The lowest BCUT2D eigenvalue weighted by Crippen LogP contribution is -1.97. The van der Waals surface area contributed by atoms with Crippen LogP contribution in [0.15, 0.2) is 36.4 Å². The summed E-state index contributed by atoms with van der Waals surface area (Å²) in [4.78, 5) is 0. The van der Waals surface area contributed by atoms with Crippen LogP contribution in [0.1, 0.15) is 12.5 Å². The van der Waals surface area contributed by atoms with Gasteiger partial charge in [-0.1, -0.05) is 19.1 Å². The Balaban J connectivity index is 2.32. The predicted molar refractivity (Wildman–Crippen MR) is 79.9 cm³/mol. The number of benzene rings is 2. The van der Waals surface area contributed by atoms with Gasteiger partial charge in [0.25, 0.3) is 0 Å². The van der Waals surface area contributed by atoms with Gasteiger partial charge < -0.3 is 19.9 Å². The van der Waals surface area contributed by atoms with E-state index in [1.807, 2.05) is 18.2 Å². The Bertz CT molecular complexity index is 596. The minimum atomic E-state index is 0.504. The third-order valence-electron chi connectivity index (χ3n) is 3.05. The number of hydrogen-bond donors (Lipinski definition) is 1. The molecule has 0 aliphatic heterocycles. The van der Waals surface area contributed by atoms with E-state index in [2.05, 4.69) is 13.0 Å². The number of ether oxygens (including phenoxy) is 3. The third kappa shape index (κ3) is 2.96. The van der Waals surface area contributed by atoms with Crippen molar-refractivity contribution in [1.29, 1.82) is 0 Å². The number of rotatable bonds is 5. The van der Waals surface area contributed by atoms with Crippen molar-refractivity contribution in [3.05, 3.63) is 42.0 Å². The zero-order valence-electron chi connectivity index (χ0n) is 12.0. The molecule has 2 N–H and O–H groups in total. The predicted octanol–water partition coefficient (Wildman–Crippen LogP) is 3.64. The fourth-order valence-corrected chi connectivity index (χ4v) is 1.92. The SMILES string of the molecule is CCc1cccc(Oc2cc(OC)c(OC)cc2N)c1. The summed E-state index contributed by atoms with van der Waals surface area (Å²) in [7, 11) is 3.15. The largest absolute Gasteiger partial charge is 0.493 e. The van der Waals surface area contributed by atoms with E-state index >= 15 is 0 Å². The van der Waals surface area contributed by atoms with Crippen molar-refractivity contribution in [3.8, 4) is 23.0 Å². The Labute approximate surface area is 119 Å². The molecule has 20 heavy (non-hydrogen) atoms. The molecule has 2 rings (SSSR count). The summed E-state index contributed by atoms with van der Waals surface area (Å²) in [5.41, 5.74) is 7.69. The summed E-state index contributed by atoms with van der Waals surface area (Å²) >= 11 is 0. The molecule has 4 heteroatoms. The van der Waals surface area contributed by atoms with Crippen LogP contribution < -0.4 is 19.9 Å². The zero-order valence-corrected chi connectivity index (χ0v) is 12.0. The Morgan fingerprint density at radius 3 is 2.30 bits per heavy atom. The maximum Gasteiger partial charge on any atom is 0.164 e. The van der Waals surface area contributed by atoms with Crippen molar-refractivity contribution in [2.75, 3.05) is 20.0 Å². The third-order valence-corrected chi connectivity index (χ3v) is 3.05. The maximum absolute atomic E-state index is 5.98. The molecule has 0 aliphatic carbocycles. The van der Waals surface area contributed by atoms with Gasteiger partial charge in [-0.3, -0.25) is 0 Å². The number of methoxy groups -OCH3 is 2. The summed E-state index contributed by atoms with van der Waals surface area (Å²) in [6.45, 7) is 2.10. The topological polar surface area (TPSA) is 53.7 Å². The number of nitrogens with two attached hydrogens (primary N) is 1. The second kappa shape index (κ2) is 6.19. The molecule has 2 aromatic carbocycles. The van der Waals surface area contributed by atoms with Gasteiger partial charge in [0.1, 0.15) is 5.75 Å². The maximum atomic E-state index is 5.98. The van der Waals surface area contributed by atoms with E-state index in [9.17, 15) is 0 Å². The van der Waals surface area contributed by atoms with Gasteiger partial charge in [-0.15, -0.1) is 0 Å². The highest BCUT2D eigenvalue weighted by molar-refractivity contribution is 5.62. The first kappa shape index (κ1) is 14.1. The second-order valence-corrected chi connectivity index (χ2v) is 4.35. The molecule has 0 fully saturated rings. The van der Waals surface area contributed by atoms with Crippen LogP contribution in [0, 0.1) is 0 Å². The van der Waals surface area contributed by atoms with Crippen LogP contribution >= 0.6 is 0 Å². The van der Waals surface area contributed by atoms with Gasteiger partial charge in [0.15, 0.2) is 17.2 Å². The number of anilines is 1. The Hall–Kier alpha value is -2.36. The highest BCUT2D eigenvalue weighted by atomic mass is 16.5. The minimum Gasteiger partial charge on any atom is -0.493 e. The zero-order chi connectivity index (χ0) is 14.5. The van der Waals surface area contributed by atoms with E-state index in [0.717, 1.165) is 12.2 Å². The van der Waals surface area contributed by atoms with Gasteiger partial charge in [0.05, 0.1) is 19.9 Å². The van der Waals surface area contributed by atoms with Crippen LogP contribution in [0.2, 0.25) is 0 Å². The number of hydrogen-bond acceptors (Lipinski definition) is 4. The lowest BCUT2D eigenvalue weighted by atomic mass is 10.2. The normalized spacial score (nSPS) is 10.2. The van der Waals surface area contributed by atoms with Crippen LogP contribution in [0.5, 0.6) is 23.0 Å². The van der Waals surface area contributed by atoms with Crippen LogP contribution in [0.3, 0.4) is 0 Å². The Kier molecular flexibility index (Phi) is 4.35. The smallest absolute Gasteiger partial charge is 0.164 e. The van der Waals surface area contributed by atoms with Crippen molar-refractivity contribution >= 4 is 5.69 Å². The number of aryl methyl sites for hydroxylation is 1. The van der Waals surface area contributed by atoms with Gasteiger partial charge in [0.2, 0.25) is 0 Å². The van der Waals surface area contributed by atoms with Gasteiger partial charge in [0, 0.05) is 12.1 Å². The molecule has 2 aromatic rings. The monoisotopic (exact) mass is 273 g/mol. The molecular weight excluding hydrogens is 254 g/mol. The van der Waals surface area contributed by atoms with Gasteiger partial charge in [-0.2, -0.15) is 0 Å². The van der Waals surface area contributed by atoms with E-state index in [0.29, 0.717) is 22.9 Å². The first-order valence-electron chi connectivity index (χ1n) is 6.46. The molecule has 0 saturated heterocycles. The molecule has 0 heterocycles. The Morgan fingerprint density at radius 1 is 0.950 bits per heavy atom. The second-order valence-electron chi connectivity index (χ2n) is 4.35. The molecule has 0 saturated carbocycles. The summed E-state index contributed by atoms with van der Waals surface area (Å²) in [6, 6.07) is 11.3. The fourth-order valence-electron chi connectivity index (χ4n) is 1.92. The molecule has 0 bridgehead atoms. The number of nitrogen functional groups attached to an aromatic ring is 1. The first-order chi connectivity index (χ1) is 9.67. The average molecular weight is 273 g/mol.